The van der Waals surface area contributed by atoms with Crippen LogP contribution in [0.2, 0.25) is 0 Å². The second-order valence-electron chi connectivity index (χ2n) is 4.20. The van der Waals surface area contributed by atoms with E-state index in [2.05, 4.69) is 18.0 Å². The summed E-state index contributed by atoms with van der Waals surface area (Å²) in [6, 6.07) is 4.00. The number of hydrogen-bond acceptors (Lipinski definition) is 3. The van der Waals surface area contributed by atoms with Gasteiger partial charge in [-0.15, -0.1) is 11.8 Å². The quantitative estimate of drug-likeness (QED) is 0.824. The maximum absolute atomic E-state index is 12.0. The first-order valence-electron chi connectivity index (χ1n) is 6.14. The van der Waals surface area contributed by atoms with Gasteiger partial charge in [0.05, 0.1) is 0 Å². The van der Waals surface area contributed by atoms with Crippen molar-refractivity contribution in [1.82, 2.24) is 9.88 Å². The van der Waals surface area contributed by atoms with Gasteiger partial charge in [0.2, 0.25) is 5.91 Å². The lowest BCUT2D eigenvalue weighted by Gasteiger charge is -2.35. The van der Waals surface area contributed by atoms with Gasteiger partial charge in [0.15, 0.2) is 0 Å². The number of carbonyl (C=O) groups excluding carboxylic acids is 1. The van der Waals surface area contributed by atoms with Crippen LogP contribution in [-0.2, 0) is 4.79 Å². The summed E-state index contributed by atoms with van der Waals surface area (Å²) in [4.78, 5) is 18.1. The predicted molar refractivity (Wildman–Crippen MR) is 70.7 cm³/mol. The molecule has 0 bridgehead atoms. The number of aromatic nitrogens is 1. The molecule has 0 saturated carbocycles. The summed E-state index contributed by atoms with van der Waals surface area (Å²) in [5.74, 6) is 1.20. The third kappa shape index (κ3) is 3.00. The minimum Gasteiger partial charge on any atom is -0.326 e. The van der Waals surface area contributed by atoms with Crippen molar-refractivity contribution in [2.75, 3.05) is 12.3 Å². The van der Waals surface area contributed by atoms with Crippen LogP contribution in [0.1, 0.15) is 37.1 Å². The Bertz CT molecular complexity index is 369. The van der Waals surface area contributed by atoms with Crippen LogP contribution in [0.15, 0.2) is 24.5 Å². The topological polar surface area (TPSA) is 33.2 Å². The van der Waals surface area contributed by atoms with Crippen molar-refractivity contribution in [1.29, 1.82) is 0 Å². The van der Waals surface area contributed by atoms with E-state index in [0.717, 1.165) is 30.7 Å². The average Bonchev–Trinajstić information content (AvgIpc) is 2.38. The van der Waals surface area contributed by atoms with Crippen LogP contribution < -0.4 is 0 Å². The van der Waals surface area contributed by atoms with E-state index >= 15 is 0 Å². The first-order valence-corrected chi connectivity index (χ1v) is 7.19. The lowest BCUT2D eigenvalue weighted by Crippen LogP contribution is -2.37. The van der Waals surface area contributed by atoms with Gasteiger partial charge >= 0.3 is 0 Å². The van der Waals surface area contributed by atoms with Gasteiger partial charge in [-0.05, 0) is 12.5 Å². The molecule has 1 saturated heterocycles. The monoisotopic (exact) mass is 250 g/mol. The summed E-state index contributed by atoms with van der Waals surface area (Å²) in [7, 11) is 0. The molecule has 2 heterocycles. The molecular formula is C13H18N2OS. The number of pyridine rings is 1. The number of unbranched alkanes of at least 4 members (excludes halogenated alkanes) is 1. The second kappa shape index (κ2) is 6.05. The highest BCUT2D eigenvalue weighted by Crippen LogP contribution is 2.36. The third-order valence-electron chi connectivity index (χ3n) is 2.92. The SMILES string of the molecule is CCCCN1C(=O)CCSC1c1cccnc1. The van der Waals surface area contributed by atoms with Crippen molar-refractivity contribution in [3.8, 4) is 0 Å². The van der Waals surface area contributed by atoms with E-state index < -0.39 is 0 Å². The van der Waals surface area contributed by atoms with E-state index in [-0.39, 0.29) is 11.3 Å². The molecule has 1 amide bonds. The Balaban J connectivity index is 2.14. The molecule has 1 aromatic heterocycles. The molecule has 1 aromatic rings. The van der Waals surface area contributed by atoms with E-state index in [4.69, 9.17) is 0 Å². The molecule has 0 aliphatic carbocycles. The number of carbonyl (C=O) groups is 1. The number of rotatable bonds is 4. The molecule has 17 heavy (non-hydrogen) atoms. The lowest BCUT2D eigenvalue weighted by molar-refractivity contribution is -0.132. The zero-order chi connectivity index (χ0) is 12.1. The summed E-state index contributed by atoms with van der Waals surface area (Å²) < 4.78 is 0. The van der Waals surface area contributed by atoms with E-state index in [1.54, 1.807) is 6.20 Å². The Kier molecular flexibility index (Phi) is 4.42. The number of thioether (sulfide) groups is 1. The summed E-state index contributed by atoms with van der Waals surface area (Å²) >= 11 is 1.84. The Hall–Kier alpha value is -1.03. The van der Waals surface area contributed by atoms with Crippen molar-refractivity contribution >= 4 is 17.7 Å². The van der Waals surface area contributed by atoms with Crippen molar-refractivity contribution in [3.63, 3.8) is 0 Å². The zero-order valence-electron chi connectivity index (χ0n) is 10.1. The average molecular weight is 250 g/mol. The summed E-state index contributed by atoms with van der Waals surface area (Å²) in [6.45, 7) is 3.02. The van der Waals surface area contributed by atoms with Crippen LogP contribution in [0, 0.1) is 0 Å². The van der Waals surface area contributed by atoms with Gasteiger partial charge in [-0.2, -0.15) is 0 Å². The molecule has 4 heteroatoms. The number of amides is 1. The normalized spacial score (nSPS) is 20.6. The van der Waals surface area contributed by atoms with Crippen LogP contribution in [0.3, 0.4) is 0 Å². The molecule has 92 valence electrons. The molecule has 3 nitrogen and oxygen atoms in total. The van der Waals surface area contributed by atoms with Gasteiger partial charge in [-0.1, -0.05) is 19.4 Å². The van der Waals surface area contributed by atoms with E-state index in [9.17, 15) is 4.79 Å². The molecule has 2 rings (SSSR count). The van der Waals surface area contributed by atoms with Crippen LogP contribution >= 0.6 is 11.8 Å². The smallest absolute Gasteiger partial charge is 0.224 e. The fourth-order valence-electron chi connectivity index (χ4n) is 1.99. The maximum Gasteiger partial charge on any atom is 0.224 e. The Labute approximate surface area is 107 Å². The molecule has 1 fully saturated rings. The Morgan fingerprint density at radius 3 is 3.18 bits per heavy atom. The highest BCUT2D eigenvalue weighted by atomic mass is 32.2. The van der Waals surface area contributed by atoms with Crippen LogP contribution in [0.4, 0.5) is 0 Å². The Morgan fingerprint density at radius 1 is 1.59 bits per heavy atom. The fraction of sp³-hybridized carbons (Fsp3) is 0.538. The molecule has 0 spiro atoms. The Morgan fingerprint density at radius 2 is 2.47 bits per heavy atom. The fourth-order valence-corrected chi connectivity index (χ4v) is 3.24. The van der Waals surface area contributed by atoms with Crippen LogP contribution in [-0.4, -0.2) is 28.1 Å². The summed E-state index contributed by atoms with van der Waals surface area (Å²) in [6.07, 6.45) is 6.51. The molecule has 1 aliphatic heterocycles. The first-order chi connectivity index (χ1) is 8.33. The largest absolute Gasteiger partial charge is 0.326 e. The highest BCUT2D eigenvalue weighted by molar-refractivity contribution is 7.99. The van der Waals surface area contributed by atoms with Gasteiger partial charge in [-0.3, -0.25) is 9.78 Å². The summed E-state index contributed by atoms with van der Waals surface area (Å²) in [5, 5.41) is 0.163. The second-order valence-corrected chi connectivity index (χ2v) is 5.39. The van der Waals surface area contributed by atoms with Gasteiger partial charge in [0, 0.05) is 36.7 Å². The minimum atomic E-state index is 0.163. The van der Waals surface area contributed by atoms with E-state index in [1.807, 2.05) is 28.9 Å². The van der Waals surface area contributed by atoms with Gasteiger partial charge in [-0.25, -0.2) is 0 Å². The third-order valence-corrected chi connectivity index (χ3v) is 4.20. The number of hydrogen-bond donors (Lipinski definition) is 0. The van der Waals surface area contributed by atoms with Crippen molar-refractivity contribution in [3.05, 3.63) is 30.1 Å². The molecule has 0 aromatic carbocycles. The maximum atomic E-state index is 12.0. The van der Waals surface area contributed by atoms with Crippen molar-refractivity contribution < 1.29 is 4.79 Å². The van der Waals surface area contributed by atoms with Crippen molar-refractivity contribution in [2.45, 2.75) is 31.6 Å². The molecule has 1 atom stereocenters. The van der Waals surface area contributed by atoms with Crippen LogP contribution in [0.25, 0.3) is 0 Å². The zero-order valence-corrected chi connectivity index (χ0v) is 10.9. The van der Waals surface area contributed by atoms with Crippen LogP contribution in [0.5, 0.6) is 0 Å². The molecule has 1 unspecified atom stereocenters. The molecule has 1 aliphatic rings. The highest BCUT2D eigenvalue weighted by Gasteiger charge is 2.29. The summed E-state index contributed by atoms with van der Waals surface area (Å²) in [5.41, 5.74) is 1.14. The first kappa shape index (κ1) is 12.4. The van der Waals surface area contributed by atoms with Gasteiger partial charge in [0.25, 0.3) is 0 Å². The molecule has 0 N–H and O–H groups in total. The van der Waals surface area contributed by atoms with Gasteiger partial charge in [0.1, 0.15) is 5.37 Å². The standard InChI is InChI=1S/C13H18N2OS/c1-2-3-8-15-12(16)6-9-17-13(15)11-5-4-7-14-10-11/h4-5,7,10,13H,2-3,6,8-9H2,1H3. The van der Waals surface area contributed by atoms with Crippen molar-refractivity contribution in [2.24, 2.45) is 0 Å². The van der Waals surface area contributed by atoms with E-state index in [0.29, 0.717) is 6.42 Å². The number of nitrogens with zero attached hydrogens (tertiary/aromatic N) is 2. The minimum absolute atomic E-state index is 0.163. The molecular weight excluding hydrogens is 232 g/mol. The molecule has 0 radical (unpaired) electrons. The van der Waals surface area contributed by atoms with E-state index in [1.165, 1.54) is 0 Å². The predicted octanol–water partition coefficient (Wildman–Crippen LogP) is 2.85. The van der Waals surface area contributed by atoms with Gasteiger partial charge < -0.3 is 4.90 Å². The lowest BCUT2D eigenvalue weighted by atomic mass is 10.2.